The van der Waals surface area contributed by atoms with E-state index in [-0.39, 0.29) is 17.7 Å². The van der Waals surface area contributed by atoms with E-state index in [1.54, 1.807) is 21.0 Å². The third kappa shape index (κ3) is 4.61. The zero-order chi connectivity index (χ0) is 12.2. The molecular formula is C9H20N2O3S. The Kier molecular flexibility index (Phi) is 5.23. The van der Waals surface area contributed by atoms with E-state index in [2.05, 4.69) is 0 Å². The fraction of sp³-hybridized carbons (Fsp3) is 0.889. The van der Waals surface area contributed by atoms with Crippen LogP contribution in [0, 0.1) is 0 Å². The summed E-state index contributed by atoms with van der Waals surface area (Å²) in [6.45, 7) is 3.16. The molecule has 6 heteroatoms. The fourth-order valence-corrected chi connectivity index (χ4v) is 2.62. The lowest BCUT2D eigenvalue weighted by Gasteiger charge is -2.17. The third-order valence-corrected chi connectivity index (χ3v) is 4.27. The minimum Gasteiger partial charge on any atom is -0.348 e. The molecular weight excluding hydrogens is 216 g/mol. The van der Waals surface area contributed by atoms with Crippen molar-refractivity contribution in [3.63, 3.8) is 0 Å². The second-order valence-electron chi connectivity index (χ2n) is 4.01. The number of hydrogen-bond acceptors (Lipinski definition) is 4. The van der Waals surface area contributed by atoms with Gasteiger partial charge in [-0.1, -0.05) is 0 Å². The average molecular weight is 236 g/mol. The Labute approximate surface area is 91.5 Å². The molecule has 0 aromatic heterocycles. The van der Waals surface area contributed by atoms with Crippen molar-refractivity contribution in [3.05, 3.63) is 0 Å². The Hall–Kier alpha value is -0.620. The van der Waals surface area contributed by atoms with Crippen molar-refractivity contribution in [2.24, 2.45) is 5.73 Å². The highest BCUT2D eigenvalue weighted by atomic mass is 32.2. The predicted molar refractivity (Wildman–Crippen MR) is 60.2 cm³/mol. The van der Waals surface area contributed by atoms with Gasteiger partial charge in [0.2, 0.25) is 5.91 Å². The van der Waals surface area contributed by atoms with Crippen LogP contribution in [0.5, 0.6) is 0 Å². The molecule has 1 amide bonds. The average Bonchev–Trinajstić information content (AvgIpc) is 2.12. The van der Waals surface area contributed by atoms with Crippen LogP contribution in [-0.2, 0) is 14.6 Å². The summed E-state index contributed by atoms with van der Waals surface area (Å²) in [5.41, 5.74) is 5.48. The molecule has 0 aliphatic rings. The van der Waals surface area contributed by atoms with E-state index in [1.165, 1.54) is 11.8 Å². The molecule has 15 heavy (non-hydrogen) atoms. The number of amides is 1. The largest absolute Gasteiger partial charge is 0.348 e. The second-order valence-corrected chi connectivity index (χ2v) is 6.45. The number of hydrogen-bond donors (Lipinski definition) is 1. The van der Waals surface area contributed by atoms with Crippen molar-refractivity contribution < 1.29 is 13.2 Å². The molecule has 0 heterocycles. The van der Waals surface area contributed by atoms with E-state index in [4.69, 9.17) is 5.73 Å². The topological polar surface area (TPSA) is 80.5 Å². The van der Waals surface area contributed by atoms with Gasteiger partial charge in [0, 0.05) is 20.1 Å². The first-order valence-corrected chi connectivity index (χ1v) is 6.58. The maximum absolute atomic E-state index is 11.7. The van der Waals surface area contributed by atoms with Crippen LogP contribution < -0.4 is 5.73 Å². The molecule has 0 radical (unpaired) electrons. The minimum atomic E-state index is -3.37. The van der Waals surface area contributed by atoms with Crippen molar-refractivity contribution >= 4 is 15.7 Å². The lowest BCUT2D eigenvalue weighted by atomic mass is 10.3. The van der Waals surface area contributed by atoms with Gasteiger partial charge in [0.1, 0.15) is 5.25 Å². The van der Waals surface area contributed by atoms with Gasteiger partial charge in [-0.2, -0.15) is 0 Å². The second kappa shape index (κ2) is 5.46. The summed E-state index contributed by atoms with van der Waals surface area (Å²) in [7, 11) is -0.288. The van der Waals surface area contributed by atoms with Gasteiger partial charge in [0.25, 0.3) is 0 Å². The lowest BCUT2D eigenvalue weighted by Crippen LogP contribution is -2.38. The third-order valence-electron chi connectivity index (χ3n) is 2.18. The fourth-order valence-electron chi connectivity index (χ4n) is 1.04. The number of carbonyl (C=O) groups excluding carboxylic acids is 1. The van der Waals surface area contributed by atoms with Gasteiger partial charge in [-0.25, -0.2) is 8.42 Å². The normalized spacial score (nSPS) is 15.8. The summed E-state index contributed by atoms with van der Waals surface area (Å²) in [5, 5.41) is -0.980. The molecule has 0 rings (SSSR count). The predicted octanol–water partition coefficient (Wildman–Crippen LogP) is -0.385. The van der Waals surface area contributed by atoms with Crippen molar-refractivity contribution in [2.45, 2.75) is 31.6 Å². The first-order chi connectivity index (χ1) is 6.68. The van der Waals surface area contributed by atoms with Crippen LogP contribution in [0.25, 0.3) is 0 Å². The van der Waals surface area contributed by atoms with Crippen molar-refractivity contribution in [2.75, 3.05) is 19.8 Å². The zero-order valence-electron chi connectivity index (χ0n) is 9.73. The number of nitrogens with two attached hydrogens (primary N) is 1. The molecule has 90 valence electrons. The van der Waals surface area contributed by atoms with Gasteiger partial charge in [-0.05, 0) is 20.3 Å². The van der Waals surface area contributed by atoms with E-state index in [0.717, 1.165) is 0 Å². The molecule has 5 nitrogen and oxygen atoms in total. The summed E-state index contributed by atoms with van der Waals surface area (Å²) >= 11 is 0. The van der Waals surface area contributed by atoms with Crippen LogP contribution in [0.1, 0.15) is 20.3 Å². The van der Waals surface area contributed by atoms with Gasteiger partial charge in [-0.15, -0.1) is 0 Å². The molecule has 0 saturated carbocycles. The summed E-state index contributed by atoms with van der Waals surface area (Å²) < 4.78 is 23.4. The van der Waals surface area contributed by atoms with Crippen LogP contribution in [0.2, 0.25) is 0 Å². The molecule has 2 unspecified atom stereocenters. The van der Waals surface area contributed by atoms with Gasteiger partial charge in [0.15, 0.2) is 9.84 Å². The molecule has 0 aliphatic carbocycles. The summed E-state index contributed by atoms with van der Waals surface area (Å²) in [6.07, 6.45) is 0.382. The molecule has 0 aromatic carbocycles. The smallest absolute Gasteiger partial charge is 0.240 e. The van der Waals surface area contributed by atoms with Gasteiger partial charge >= 0.3 is 0 Å². The molecule has 0 aliphatic heterocycles. The maximum atomic E-state index is 11.7. The molecule has 0 aromatic rings. The minimum absolute atomic E-state index is 0.0363. The molecule has 2 atom stereocenters. The first-order valence-electron chi connectivity index (χ1n) is 4.86. The van der Waals surface area contributed by atoms with Gasteiger partial charge in [-0.3, -0.25) is 4.79 Å². The van der Waals surface area contributed by atoms with Crippen molar-refractivity contribution in [1.29, 1.82) is 0 Å². The molecule has 0 bridgehead atoms. The number of carbonyl (C=O) groups is 1. The van der Waals surface area contributed by atoms with Crippen LogP contribution >= 0.6 is 0 Å². The van der Waals surface area contributed by atoms with Crippen LogP contribution in [0.15, 0.2) is 0 Å². The molecule has 2 N–H and O–H groups in total. The van der Waals surface area contributed by atoms with Crippen LogP contribution in [0.3, 0.4) is 0 Å². The Morgan fingerprint density at radius 3 is 2.13 bits per heavy atom. The number of sulfone groups is 1. The van der Waals surface area contributed by atoms with Crippen molar-refractivity contribution in [1.82, 2.24) is 4.90 Å². The summed E-state index contributed by atoms with van der Waals surface area (Å²) in [6, 6.07) is -0.165. The SMILES string of the molecule is CC(N)CCS(=O)(=O)C(C)C(=O)N(C)C. The lowest BCUT2D eigenvalue weighted by molar-refractivity contribution is -0.127. The Morgan fingerprint density at radius 1 is 1.33 bits per heavy atom. The quantitative estimate of drug-likeness (QED) is 0.705. The van der Waals surface area contributed by atoms with E-state index in [9.17, 15) is 13.2 Å². The van der Waals surface area contributed by atoms with E-state index in [1.807, 2.05) is 0 Å². The number of rotatable bonds is 5. The highest BCUT2D eigenvalue weighted by Gasteiger charge is 2.28. The Balaban J connectivity index is 4.53. The maximum Gasteiger partial charge on any atom is 0.240 e. The van der Waals surface area contributed by atoms with Crippen LogP contribution in [-0.4, -0.2) is 50.4 Å². The number of nitrogens with zero attached hydrogens (tertiary/aromatic N) is 1. The summed E-state index contributed by atoms with van der Waals surface area (Å²) in [4.78, 5) is 12.7. The first kappa shape index (κ1) is 14.4. The highest BCUT2D eigenvalue weighted by molar-refractivity contribution is 7.92. The standard InChI is InChI=1S/C9H20N2O3S/c1-7(10)5-6-15(13,14)8(2)9(12)11(3)4/h7-8H,5-6,10H2,1-4H3. The monoisotopic (exact) mass is 236 g/mol. The molecule has 0 saturated heterocycles. The van der Waals surface area contributed by atoms with Gasteiger partial charge < -0.3 is 10.6 Å². The van der Waals surface area contributed by atoms with Crippen molar-refractivity contribution in [3.8, 4) is 0 Å². The molecule has 0 fully saturated rings. The van der Waals surface area contributed by atoms with Crippen LogP contribution in [0.4, 0.5) is 0 Å². The van der Waals surface area contributed by atoms with Gasteiger partial charge in [0.05, 0.1) is 5.75 Å². The van der Waals surface area contributed by atoms with E-state index >= 15 is 0 Å². The molecule has 0 spiro atoms. The van der Waals surface area contributed by atoms with E-state index < -0.39 is 15.1 Å². The Morgan fingerprint density at radius 2 is 1.80 bits per heavy atom. The van der Waals surface area contributed by atoms with E-state index in [0.29, 0.717) is 6.42 Å². The highest BCUT2D eigenvalue weighted by Crippen LogP contribution is 2.07. The Bertz CT molecular complexity index is 309. The summed E-state index contributed by atoms with van der Waals surface area (Å²) in [5.74, 6) is -0.425. The zero-order valence-corrected chi connectivity index (χ0v) is 10.5.